The Morgan fingerprint density at radius 3 is 2.73 bits per heavy atom. The zero-order valence-corrected chi connectivity index (χ0v) is 10.2. The summed E-state index contributed by atoms with van der Waals surface area (Å²) in [6.45, 7) is 3.33. The van der Waals surface area contributed by atoms with E-state index in [0.29, 0.717) is 11.4 Å². The fourth-order valence-corrected chi connectivity index (χ4v) is 2.50. The minimum Gasteiger partial charge on any atom is -0.481 e. The van der Waals surface area contributed by atoms with Crippen LogP contribution in [-0.4, -0.2) is 11.1 Å². The number of carboxylic acid groups (broad SMARTS) is 1. The molecule has 15 heavy (non-hydrogen) atoms. The number of thiophene rings is 1. The zero-order valence-electron chi connectivity index (χ0n) is 8.66. The van der Waals surface area contributed by atoms with E-state index in [1.165, 1.54) is 11.3 Å². The minimum atomic E-state index is -0.842. The summed E-state index contributed by atoms with van der Waals surface area (Å²) in [5.41, 5.74) is 5.10. The molecule has 3 N–H and O–H groups in total. The van der Waals surface area contributed by atoms with Crippen molar-refractivity contribution in [3.05, 3.63) is 21.3 Å². The minimum absolute atomic E-state index is 0.316. The largest absolute Gasteiger partial charge is 0.481 e. The van der Waals surface area contributed by atoms with Crippen LogP contribution in [0.4, 0.5) is 0 Å². The molecular weight excluding hydrogens is 234 g/mol. The Labute approximate surface area is 97.9 Å². The van der Waals surface area contributed by atoms with E-state index < -0.39 is 11.4 Å². The summed E-state index contributed by atoms with van der Waals surface area (Å²) in [6, 6.07) is 1.46. The van der Waals surface area contributed by atoms with Gasteiger partial charge in [-0.05, 0) is 31.7 Å². The fraction of sp³-hybridized carbons (Fsp3) is 0.500. The molecule has 5 heteroatoms. The first-order valence-electron chi connectivity index (χ1n) is 4.56. The van der Waals surface area contributed by atoms with E-state index in [0.717, 1.165) is 4.88 Å². The Balaban J connectivity index is 2.76. The lowest BCUT2D eigenvalue weighted by Gasteiger charge is -2.22. The average molecular weight is 248 g/mol. The number of carboxylic acids is 1. The monoisotopic (exact) mass is 247 g/mol. The third-order valence-corrected chi connectivity index (χ3v) is 3.78. The molecule has 0 aliphatic carbocycles. The summed E-state index contributed by atoms with van der Waals surface area (Å²) in [5, 5.41) is 11.4. The standard InChI is InChI=1S/C10H14ClNO2S/c1-10(2,9(13)14)5-7(12)8-6(11)3-4-15-8/h3-4,7H,5,12H2,1-2H3,(H,13,14). The highest BCUT2D eigenvalue weighted by Gasteiger charge is 2.30. The molecule has 3 nitrogen and oxygen atoms in total. The van der Waals surface area contributed by atoms with Gasteiger partial charge in [0.2, 0.25) is 0 Å². The third kappa shape index (κ3) is 2.93. The molecule has 1 atom stereocenters. The Morgan fingerprint density at radius 1 is 1.73 bits per heavy atom. The number of nitrogens with two attached hydrogens (primary N) is 1. The first-order chi connectivity index (χ1) is 6.84. The van der Waals surface area contributed by atoms with Crippen molar-refractivity contribution in [1.29, 1.82) is 0 Å². The lowest BCUT2D eigenvalue weighted by Crippen LogP contribution is -2.28. The van der Waals surface area contributed by atoms with Crippen molar-refractivity contribution in [3.63, 3.8) is 0 Å². The molecule has 0 radical (unpaired) electrons. The van der Waals surface area contributed by atoms with E-state index in [9.17, 15) is 4.79 Å². The van der Waals surface area contributed by atoms with Gasteiger partial charge >= 0.3 is 5.97 Å². The van der Waals surface area contributed by atoms with Crippen LogP contribution in [0.2, 0.25) is 5.02 Å². The fourth-order valence-electron chi connectivity index (χ4n) is 1.30. The SMILES string of the molecule is CC(C)(CC(N)c1sccc1Cl)C(=O)O. The van der Waals surface area contributed by atoms with Crippen LogP contribution in [0.25, 0.3) is 0 Å². The molecule has 1 rings (SSSR count). The maximum atomic E-state index is 10.9. The van der Waals surface area contributed by atoms with Gasteiger partial charge < -0.3 is 10.8 Å². The van der Waals surface area contributed by atoms with Crippen molar-refractivity contribution in [2.75, 3.05) is 0 Å². The lowest BCUT2D eigenvalue weighted by atomic mass is 9.86. The van der Waals surface area contributed by atoms with E-state index in [1.54, 1.807) is 19.9 Å². The lowest BCUT2D eigenvalue weighted by molar-refractivity contribution is -0.147. The van der Waals surface area contributed by atoms with Crippen LogP contribution in [0.1, 0.15) is 31.2 Å². The number of rotatable bonds is 4. The van der Waals surface area contributed by atoms with Crippen molar-refractivity contribution >= 4 is 28.9 Å². The summed E-state index contributed by atoms with van der Waals surface area (Å²) < 4.78 is 0. The first kappa shape index (κ1) is 12.5. The highest BCUT2D eigenvalue weighted by Crippen LogP contribution is 2.34. The number of hydrogen-bond donors (Lipinski definition) is 2. The summed E-state index contributed by atoms with van der Waals surface area (Å²) in [5.74, 6) is -0.842. The van der Waals surface area contributed by atoms with Crippen molar-refractivity contribution in [2.45, 2.75) is 26.3 Å². The maximum absolute atomic E-state index is 10.9. The molecule has 0 spiro atoms. The molecule has 0 saturated carbocycles. The van der Waals surface area contributed by atoms with Crippen LogP contribution in [0, 0.1) is 5.41 Å². The van der Waals surface area contributed by atoms with E-state index in [1.807, 2.05) is 5.38 Å². The van der Waals surface area contributed by atoms with Gasteiger partial charge in [-0.15, -0.1) is 11.3 Å². The Bertz CT molecular complexity index is 362. The second-order valence-corrected chi connectivity index (χ2v) is 5.49. The van der Waals surface area contributed by atoms with Gasteiger partial charge in [0.05, 0.1) is 10.4 Å². The number of aliphatic carboxylic acids is 1. The van der Waals surface area contributed by atoms with Gasteiger partial charge in [0, 0.05) is 10.9 Å². The van der Waals surface area contributed by atoms with E-state index in [2.05, 4.69) is 0 Å². The van der Waals surface area contributed by atoms with Gasteiger partial charge in [0.25, 0.3) is 0 Å². The molecule has 0 aromatic carbocycles. The van der Waals surface area contributed by atoms with Gasteiger partial charge in [-0.1, -0.05) is 11.6 Å². The Kier molecular flexibility index (Phi) is 3.76. The molecule has 1 aromatic rings. The highest BCUT2D eigenvalue weighted by atomic mass is 35.5. The van der Waals surface area contributed by atoms with Gasteiger partial charge in [-0.2, -0.15) is 0 Å². The van der Waals surface area contributed by atoms with E-state index in [-0.39, 0.29) is 6.04 Å². The van der Waals surface area contributed by atoms with E-state index in [4.69, 9.17) is 22.4 Å². The van der Waals surface area contributed by atoms with Crippen LogP contribution in [0.5, 0.6) is 0 Å². The first-order valence-corrected chi connectivity index (χ1v) is 5.82. The predicted molar refractivity (Wildman–Crippen MR) is 62.3 cm³/mol. The van der Waals surface area contributed by atoms with Crippen LogP contribution in [0.15, 0.2) is 11.4 Å². The van der Waals surface area contributed by atoms with Gasteiger partial charge in [-0.3, -0.25) is 4.79 Å². The normalized spacial score (nSPS) is 13.9. The zero-order chi connectivity index (χ0) is 11.6. The maximum Gasteiger partial charge on any atom is 0.309 e. The van der Waals surface area contributed by atoms with Gasteiger partial charge in [0.15, 0.2) is 0 Å². The molecule has 0 fully saturated rings. The average Bonchev–Trinajstić information content (AvgIpc) is 2.50. The van der Waals surface area contributed by atoms with Gasteiger partial charge in [-0.25, -0.2) is 0 Å². The molecule has 0 bridgehead atoms. The molecule has 0 amide bonds. The number of halogens is 1. The van der Waals surface area contributed by atoms with E-state index >= 15 is 0 Å². The predicted octanol–water partition coefficient (Wildman–Crippen LogP) is 2.90. The molecule has 1 aromatic heterocycles. The second-order valence-electron chi connectivity index (χ2n) is 4.13. The van der Waals surface area contributed by atoms with Crippen LogP contribution in [0.3, 0.4) is 0 Å². The summed E-state index contributed by atoms with van der Waals surface area (Å²) in [6.07, 6.45) is 0.378. The highest BCUT2D eigenvalue weighted by molar-refractivity contribution is 7.10. The smallest absolute Gasteiger partial charge is 0.309 e. The van der Waals surface area contributed by atoms with Crippen molar-refractivity contribution in [1.82, 2.24) is 0 Å². The quantitative estimate of drug-likeness (QED) is 0.860. The summed E-state index contributed by atoms with van der Waals surface area (Å²) in [7, 11) is 0. The Hall–Kier alpha value is -0.580. The summed E-state index contributed by atoms with van der Waals surface area (Å²) >= 11 is 7.39. The van der Waals surface area contributed by atoms with Crippen LogP contribution < -0.4 is 5.73 Å². The number of hydrogen-bond acceptors (Lipinski definition) is 3. The number of carbonyl (C=O) groups is 1. The molecule has 84 valence electrons. The summed E-state index contributed by atoms with van der Waals surface area (Å²) in [4.78, 5) is 11.8. The van der Waals surface area contributed by atoms with Crippen molar-refractivity contribution < 1.29 is 9.90 Å². The topological polar surface area (TPSA) is 63.3 Å². The molecule has 1 heterocycles. The van der Waals surface area contributed by atoms with Crippen LogP contribution >= 0.6 is 22.9 Å². The molecule has 1 unspecified atom stereocenters. The van der Waals surface area contributed by atoms with Gasteiger partial charge in [0.1, 0.15) is 0 Å². The molecule has 0 aliphatic rings. The second kappa shape index (κ2) is 4.51. The molecule has 0 aliphatic heterocycles. The molecular formula is C10H14ClNO2S. The molecule has 0 saturated heterocycles. The Morgan fingerprint density at radius 2 is 2.33 bits per heavy atom. The third-order valence-electron chi connectivity index (χ3n) is 2.29. The van der Waals surface area contributed by atoms with Crippen molar-refractivity contribution in [3.8, 4) is 0 Å². The van der Waals surface area contributed by atoms with Crippen molar-refractivity contribution in [2.24, 2.45) is 11.1 Å². The van der Waals surface area contributed by atoms with Crippen LogP contribution in [-0.2, 0) is 4.79 Å².